The first kappa shape index (κ1) is 12.8. The molecule has 15 heavy (non-hydrogen) atoms. The third-order valence-electron chi connectivity index (χ3n) is 2.87. The van der Waals surface area contributed by atoms with E-state index in [-0.39, 0.29) is 11.3 Å². The summed E-state index contributed by atoms with van der Waals surface area (Å²) in [4.78, 5) is 13.4. The average molecular weight is 231 g/mol. The van der Waals surface area contributed by atoms with E-state index in [0.29, 0.717) is 13.0 Å². The summed E-state index contributed by atoms with van der Waals surface area (Å²) in [5, 5.41) is 9.60. The zero-order chi connectivity index (χ0) is 11.7. The van der Waals surface area contributed by atoms with Gasteiger partial charge in [-0.1, -0.05) is 0 Å². The topological polar surface area (TPSA) is 40.5 Å². The Kier molecular flexibility index (Phi) is 3.71. The number of nitrogens with zero attached hydrogens (tertiary/aromatic N) is 1. The van der Waals surface area contributed by atoms with Crippen LogP contribution in [0.5, 0.6) is 0 Å². The molecule has 0 unspecified atom stereocenters. The molecule has 0 radical (unpaired) electrons. The van der Waals surface area contributed by atoms with Crippen molar-refractivity contribution in [3.63, 3.8) is 0 Å². The first-order chi connectivity index (χ1) is 6.78. The minimum Gasteiger partial charge on any atom is -0.389 e. The number of thiol groups is 1. The van der Waals surface area contributed by atoms with Crippen molar-refractivity contribution < 1.29 is 9.90 Å². The van der Waals surface area contributed by atoms with Crippen molar-refractivity contribution in [2.45, 2.75) is 38.7 Å². The summed E-state index contributed by atoms with van der Waals surface area (Å²) in [6, 6.07) is 0. The fourth-order valence-corrected chi connectivity index (χ4v) is 2.12. The van der Waals surface area contributed by atoms with Crippen LogP contribution in [-0.4, -0.2) is 40.9 Å². The molecular formula is C11H21NO2S. The van der Waals surface area contributed by atoms with Gasteiger partial charge >= 0.3 is 0 Å². The first-order valence-corrected chi connectivity index (χ1v) is 5.98. The molecule has 0 heterocycles. The molecule has 0 spiro atoms. The average Bonchev–Trinajstić information content (AvgIpc) is 2.82. The molecule has 0 aliphatic heterocycles. The number of rotatable bonds is 5. The van der Waals surface area contributed by atoms with Crippen molar-refractivity contribution in [3.05, 3.63) is 0 Å². The van der Waals surface area contributed by atoms with E-state index in [1.54, 1.807) is 25.8 Å². The van der Waals surface area contributed by atoms with Gasteiger partial charge in [0.1, 0.15) is 0 Å². The van der Waals surface area contributed by atoms with Gasteiger partial charge in [0.25, 0.3) is 0 Å². The highest BCUT2D eigenvalue weighted by Gasteiger charge is 2.43. The van der Waals surface area contributed by atoms with Gasteiger partial charge in [-0.15, -0.1) is 0 Å². The number of amides is 1. The molecule has 3 nitrogen and oxygen atoms in total. The minimum absolute atomic E-state index is 0.115. The summed E-state index contributed by atoms with van der Waals surface area (Å²) in [5.41, 5.74) is -0.657. The van der Waals surface area contributed by atoms with Gasteiger partial charge in [0.2, 0.25) is 5.91 Å². The second kappa shape index (κ2) is 4.34. The second-order valence-corrected chi connectivity index (χ2v) is 5.71. The van der Waals surface area contributed by atoms with Gasteiger partial charge in [-0.2, -0.15) is 12.6 Å². The largest absolute Gasteiger partial charge is 0.389 e. The number of hydrogen-bond donors (Lipinski definition) is 2. The molecule has 0 aromatic carbocycles. The highest BCUT2D eigenvalue weighted by atomic mass is 32.1. The van der Waals surface area contributed by atoms with Crippen molar-refractivity contribution in [2.24, 2.45) is 5.41 Å². The zero-order valence-electron chi connectivity index (χ0n) is 9.79. The van der Waals surface area contributed by atoms with E-state index >= 15 is 0 Å². The molecule has 1 rings (SSSR count). The Morgan fingerprint density at radius 3 is 2.40 bits per heavy atom. The van der Waals surface area contributed by atoms with Gasteiger partial charge in [0, 0.05) is 20.0 Å². The third kappa shape index (κ3) is 4.03. The normalized spacial score (nSPS) is 18.7. The van der Waals surface area contributed by atoms with Crippen molar-refractivity contribution >= 4 is 18.5 Å². The van der Waals surface area contributed by atoms with Gasteiger partial charge in [0.05, 0.1) is 5.60 Å². The smallest absolute Gasteiger partial charge is 0.222 e. The monoisotopic (exact) mass is 231 g/mol. The molecule has 1 N–H and O–H groups in total. The van der Waals surface area contributed by atoms with Crippen LogP contribution in [0.1, 0.15) is 33.1 Å². The molecule has 0 atom stereocenters. The highest BCUT2D eigenvalue weighted by Crippen LogP contribution is 2.49. The van der Waals surface area contributed by atoms with E-state index < -0.39 is 5.60 Å². The lowest BCUT2D eigenvalue weighted by Gasteiger charge is -2.26. The molecule has 0 saturated heterocycles. The SMILES string of the molecule is CN(CC(C)(C)O)C(=O)CC1(CS)CC1. The van der Waals surface area contributed by atoms with Gasteiger partial charge in [-0.05, 0) is 37.9 Å². The molecule has 1 fully saturated rings. The summed E-state index contributed by atoms with van der Waals surface area (Å²) in [6.07, 6.45) is 2.79. The van der Waals surface area contributed by atoms with Crippen LogP contribution in [0.4, 0.5) is 0 Å². The maximum Gasteiger partial charge on any atom is 0.222 e. The number of carbonyl (C=O) groups excluding carboxylic acids is 1. The molecule has 1 saturated carbocycles. The lowest BCUT2D eigenvalue weighted by molar-refractivity contribution is -0.133. The maximum atomic E-state index is 11.8. The second-order valence-electron chi connectivity index (χ2n) is 5.40. The van der Waals surface area contributed by atoms with Gasteiger partial charge in [-0.3, -0.25) is 4.79 Å². The molecular weight excluding hydrogens is 210 g/mol. The van der Waals surface area contributed by atoms with Crippen LogP contribution >= 0.6 is 12.6 Å². The fraction of sp³-hybridized carbons (Fsp3) is 0.909. The van der Waals surface area contributed by atoms with E-state index in [4.69, 9.17) is 0 Å². The number of likely N-dealkylation sites (N-methyl/N-ethyl adjacent to an activating group) is 1. The Balaban J connectivity index is 2.40. The number of carbonyl (C=O) groups is 1. The molecule has 0 bridgehead atoms. The van der Waals surface area contributed by atoms with Crippen LogP contribution in [0.2, 0.25) is 0 Å². The van der Waals surface area contributed by atoms with Crippen LogP contribution in [0.15, 0.2) is 0 Å². The van der Waals surface area contributed by atoms with E-state index in [1.165, 1.54) is 0 Å². The lowest BCUT2D eigenvalue weighted by Crippen LogP contribution is -2.40. The van der Waals surface area contributed by atoms with Gasteiger partial charge in [0.15, 0.2) is 0 Å². The maximum absolute atomic E-state index is 11.8. The van der Waals surface area contributed by atoms with Crippen LogP contribution < -0.4 is 0 Å². The predicted octanol–water partition coefficient (Wildman–Crippen LogP) is 1.32. The molecule has 0 aromatic heterocycles. The van der Waals surface area contributed by atoms with Crippen LogP contribution in [0, 0.1) is 5.41 Å². The quantitative estimate of drug-likeness (QED) is 0.701. The molecule has 1 aliphatic carbocycles. The molecule has 4 heteroatoms. The molecule has 1 amide bonds. The highest BCUT2D eigenvalue weighted by molar-refractivity contribution is 7.80. The Morgan fingerprint density at radius 2 is 2.07 bits per heavy atom. The Morgan fingerprint density at radius 1 is 1.53 bits per heavy atom. The van der Waals surface area contributed by atoms with Gasteiger partial charge in [-0.25, -0.2) is 0 Å². The van der Waals surface area contributed by atoms with Crippen molar-refractivity contribution in [1.82, 2.24) is 4.90 Å². The molecule has 1 aliphatic rings. The van der Waals surface area contributed by atoms with E-state index in [9.17, 15) is 9.90 Å². The zero-order valence-corrected chi connectivity index (χ0v) is 10.7. The summed E-state index contributed by atoms with van der Waals surface area (Å²) in [5.74, 6) is 0.901. The number of hydrogen-bond acceptors (Lipinski definition) is 3. The summed E-state index contributed by atoms with van der Waals surface area (Å²) in [6.45, 7) is 3.80. The minimum atomic E-state index is -0.817. The van der Waals surface area contributed by atoms with Crippen LogP contribution in [0.25, 0.3) is 0 Å². The van der Waals surface area contributed by atoms with E-state index in [2.05, 4.69) is 12.6 Å². The standard InChI is InChI=1S/C11H21NO2S/c1-10(2,14)7-12(3)9(13)6-11(8-15)4-5-11/h14-15H,4-8H2,1-3H3. The van der Waals surface area contributed by atoms with Crippen molar-refractivity contribution in [2.75, 3.05) is 19.3 Å². The first-order valence-electron chi connectivity index (χ1n) is 5.35. The Labute approximate surface area is 97.3 Å². The predicted molar refractivity (Wildman–Crippen MR) is 64.1 cm³/mol. The van der Waals surface area contributed by atoms with E-state index in [1.807, 2.05) is 0 Å². The number of aliphatic hydroxyl groups is 1. The van der Waals surface area contributed by atoms with Crippen molar-refractivity contribution in [1.29, 1.82) is 0 Å². The van der Waals surface area contributed by atoms with Crippen molar-refractivity contribution in [3.8, 4) is 0 Å². The summed E-state index contributed by atoms with van der Waals surface area (Å²) >= 11 is 4.27. The Hall–Kier alpha value is -0.220. The Bertz CT molecular complexity index is 243. The fourth-order valence-electron chi connectivity index (χ4n) is 1.69. The lowest BCUT2D eigenvalue weighted by atomic mass is 10.0. The molecule has 0 aromatic rings. The summed E-state index contributed by atoms with van der Waals surface area (Å²) < 4.78 is 0. The van der Waals surface area contributed by atoms with E-state index in [0.717, 1.165) is 18.6 Å². The summed E-state index contributed by atoms with van der Waals surface area (Å²) in [7, 11) is 1.74. The molecule has 88 valence electrons. The van der Waals surface area contributed by atoms with Crippen LogP contribution in [-0.2, 0) is 4.79 Å². The van der Waals surface area contributed by atoms with Gasteiger partial charge < -0.3 is 10.0 Å². The van der Waals surface area contributed by atoms with Crippen LogP contribution in [0.3, 0.4) is 0 Å². The third-order valence-corrected chi connectivity index (χ3v) is 3.54.